The first-order valence-electron chi connectivity index (χ1n) is 8.54. The molecule has 3 N–H and O–H groups in total. The van der Waals surface area contributed by atoms with E-state index in [0.717, 1.165) is 22.4 Å². The number of amides is 1. The van der Waals surface area contributed by atoms with Crippen LogP contribution in [0.1, 0.15) is 42.6 Å². The standard InChI is InChI=1S/C20H24Cl2N2O2/c1-12-5-8-19(26-4)17(9-12)13(2)23-11-20(25)24-14(3)16-7-6-15(21)10-18(16)22/h5-10,13-14,23H,11H2,1-4H3,(H,24,25)/p+1/t13-,14-/m1/s1. The van der Waals surface area contributed by atoms with Gasteiger partial charge in [0.2, 0.25) is 0 Å². The van der Waals surface area contributed by atoms with Gasteiger partial charge in [-0.3, -0.25) is 4.79 Å². The molecule has 0 heterocycles. The first-order valence-corrected chi connectivity index (χ1v) is 9.29. The van der Waals surface area contributed by atoms with Crippen molar-refractivity contribution in [2.24, 2.45) is 0 Å². The smallest absolute Gasteiger partial charge is 0.275 e. The number of halogens is 2. The van der Waals surface area contributed by atoms with Gasteiger partial charge in [0.15, 0.2) is 6.54 Å². The van der Waals surface area contributed by atoms with E-state index in [1.165, 1.54) is 0 Å². The quantitative estimate of drug-likeness (QED) is 0.748. The number of hydrogen-bond donors (Lipinski definition) is 2. The zero-order valence-electron chi connectivity index (χ0n) is 15.5. The lowest BCUT2D eigenvalue weighted by molar-refractivity contribution is -0.682. The zero-order valence-corrected chi connectivity index (χ0v) is 17.0. The highest BCUT2D eigenvalue weighted by Crippen LogP contribution is 2.26. The van der Waals surface area contributed by atoms with Crippen LogP contribution in [0.2, 0.25) is 10.0 Å². The Morgan fingerprint density at radius 3 is 2.54 bits per heavy atom. The van der Waals surface area contributed by atoms with Gasteiger partial charge in [-0.25, -0.2) is 0 Å². The summed E-state index contributed by atoms with van der Waals surface area (Å²) in [5.74, 6) is 0.781. The van der Waals surface area contributed by atoms with Crippen LogP contribution in [0.15, 0.2) is 36.4 Å². The fourth-order valence-corrected chi connectivity index (χ4v) is 3.42. The lowest BCUT2D eigenvalue weighted by Crippen LogP contribution is -2.87. The summed E-state index contributed by atoms with van der Waals surface area (Å²) < 4.78 is 5.43. The Bertz CT molecular complexity index is 780. The summed E-state index contributed by atoms with van der Waals surface area (Å²) in [4.78, 5) is 12.3. The van der Waals surface area contributed by atoms with Gasteiger partial charge in [0.25, 0.3) is 5.91 Å². The number of rotatable bonds is 7. The van der Waals surface area contributed by atoms with Crippen LogP contribution < -0.4 is 15.4 Å². The molecule has 0 aromatic heterocycles. The summed E-state index contributed by atoms with van der Waals surface area (Å²) in [7, 11) is 1.66. The molecule has 140 valence electrons. The molecule has 6 heteroatoms. The number of nitrogens with one attached hydrogen (secondary N) is 1. The van der Waals surface area contributed by atoms with Gasteiger partial charge in [-0.1, -0.05) is 40.9 Å². The van der Waals surface area contributed by atoms with Crippen LogP contribution in [-0.2, 0) is 4.79 Å². The third kappa shape index (κ3) is 5.37. The Kier molecular flexibility index (Phi) is 7.33. The van der Waals surface area contributed by atoms with Crippen molar-refractivity contribution in [1.82, 2.24) is 5.32 Å². The predicted molar refractivity (Wildman–Crippen MR) is 106 cm³/mol. The molecule has 0 saturated carbocycles. The second-order valence-electron chi connectivity index (χ2n) is 6.43. The molecule has 2 atom stereocenters. The van der Waals surface area contributed by atoms with Crippen molar-refractivity contribution in [3.8, 4) is 5.75 Å². The Morgan fingerprint density at radius 1 is 1.15 bits per heavy atom. The first-order chi connectivity index (χ1) is 12.3. The largest absolute Gasteiger partial charge is 0.496 e. The molecule has 0 radical (unpaired) electrons. The van der Waals surface area contributed by atoms with E-state index < -0.39 is 0 Å². The van der Waals surface area contributed by atoms with Crippen LogP contribution >= 0.6 is 23.2 Å². The van der Waals surface area contributed by atoms with Gasteiger partial charge < -0.3 is 15.4 Å². The number of quaternary nitrogens is 1. The average Bonchev–Trinajstić information content (AvgIpc) is 2.59. The van der Waals surface area contributed by atoms with Crippen molar-refractivity contribution in [1.29, 1.82) is 0 Å². The fourth-order valence-electron chi connectivity index (χ4n) is 2.85. The van der Waals surface area contributed by atoms with Crippen LogP contribution in [0.3, 0.4) is 0 Å². The van der Waals surface area contributed by atoms with Crippen LogP contribution in [-0.4, -0.2) is 19.6 Å². The molecule has 0 unspecified atom stereocenters. The van der Waals surface area contributed by atoms with E-state index in [9.17, 15) is 4.79 Å². The lowest BCUT2D eigenvalue weighted by atomic mass is 10.0. The normalized spacial score (nSPS) is 13.2. The fraction of sp³-hybridized carbons (Fsp3) is 0.350. The monoisotopic (exact) mass is 395 g/mol. The molecule has 0 bridgehead atoms. The molecule has 0 aliphatic carbocycles. The highest BCUT2D eigenvalue weighted by molar-refractivity contribution is 6.35. The number of ether oxygens (including phenoxy) is 1. The predicted octanol–water partition coefficient (Wildman–Crippen LogP) is 3.81. The molecule has 0 aliphatic heterocycles. The molecular formula is C20H25Cl2N2O2+. The van der Waals surface area contributed by atoms with E-state index in [2.05, 4.69) is 18.3 Å². The van der Waals surface area contributed by atoms with Crippen molar-refractivity contribution < 1.29 is 14.8 Å². The number of nitrogens with two attached hydrogens (primary N) is 1. The summed E-state index contributed by atoms with van der Waals surface area (Å²) in [5, 5.41) is 6.09. The summed E-state index contributed by atoms with van der Waals surface area (Å²) >= 11 is 12.1. The van der Waals surface area contributed by atoms with Gasteiger partial charge in [0, 0.05) is 10.0 Å². The van der Waals surface area contributed by atoms with E-state index in [1.807, 2.05) is 37.4 Å². The van der Waals surface area contributed by atoms with Gasteiger partial charge in [-0.15, -0.1) is 0 Å². The molecule has 0 saturated heterocycles. The zero-order chi connectivity index (χ0) is 19.3. The van der Waals surface area contributed by atoms with E-state index in [-0.39, 0.29) is 18.0 Å². The first kappa shape index (κ1) is 20.6. The van der Waals surface area contributed by atoms with E-state index in [1.54, 1.807) is 19.2 Å². The van der Waals surface area contributed by atoms with E-state index in [0.29, 0.717) is 16.6 Å². The number of hydrogen-bond acceptors (Lipinski definition) is 2. The van der Waals surface area contributed by atoms with Gasteiger partial charge in [0.05, 0.1) is 18.7 Å². The minimum absolute atomic E-state index is 0.0537. The molecule has 26 heavy (non-hydrogen) atoms. The maximum atomic E-state index is 12.3. The molecule has 0 spiro atoms. The molecule has 4 nitrogen and oxygen atoms in total. The van der Waals surface area contributed by atoms with E-state index in [4.69, 9.17) is 27.9 Å². The minimum Gasteiger partial charge on any atom is -0.496 e. The topological polar surface area (TPSA) is 54.9 Å². The molecule has 2 rings (SSSR count). The third-order valence-electron chi connectivity index (χ3n) is 4.34. The highest BCUT2D eigenvalue weighted by Gasteiger charge is 2.18. The van der Waals surface area contributed by atoms with E-state index >= 15 is 0 Å². The minimum atomic E-state index is -0.190. The second-order valence-corrected chi connectivity index (χ2v) is 7.27. The average molecular weight is 396 g/mol. The molecule has 0 aliphatic rings. The summed E-state index contributed by atoms with van der Waals surface area (Å²) in [5.41, 5.74) is 3.09. The van der Waals surface area contributed by atoms with Crippen LogP contribution in [0.4, 0.5) is 0 Å². The number of carbonyl (C=O) groups excluding carboxylic acids is 1. The van der Waals surface area contributed by atoms with Crippen LogP contribution in [0.25, 0.3) is 0 Å². The van der Waals surface area contributed by atoms with Gasteiger partial charge >= 0.3 is 0 Å². The summed E-state index contributed by atoms with van der Waals surface area (Å²) in [6, 6.07) is 11.3. The van der Waals surface area contributed by atoms with Crippen molar-refractivity contribution in [3.63, 3.8) is 0 Å². The maximum Gasteiger partial charge on any atom is 0.275 e. The number of methoxy groups -OCH3 is 1. The third-order valence-corrected chi connectivity index (χ3v) is 4.90. The number of benzene rings is 2. The van der Waals surface area contributed by atoms with Crippen LogP contribution in [0.5, 0.6) is 5.75 Å². The lowest BCUT2D eigenvalue weighted by Gasteiger charge is -2.18. The van der Waals surface area contributed by atoms with Crippen molar-refractivity contribution in [3.05, 3.63) is 63.1 Å². The second kappa shape index (κ2) is 9.26. The SMILES string of the molecule is COc1ccc(C)cc1[C@@H](C)[NH2+]CC(=O)N[C@H](C)c1ccc(Cl)cc1Cl. The van der Waals surface area contributed by atoms with Gasteiger partial charge in [-0.05, 0) is 50.6 Å². The number of carbonyl (C=O) groups is 1. The summed E-state index contributed by atoms with van der Waals surface area (Å²) in [6.07, 6.45) is 0. The molecule has 2 aromatic carbocycles. The van der Waals surface area contributed by atoms with Crippen molar-refractivity contribution in [2.45, 2.75) is 32.9 Å². The number of aryl methyl sites for hydroxylation is 1. The Hall–Kier alpha value is -1.75. The Balaban J connectivity index is 1.95. The van der Waals surface area contributed by atoms with Crippen molar-refractivity contribution in [2.75, 3.05) is 13.7 Å². The Labute approximate surface area is 164 Å². The molecule has 1 amide bonds. The highest BCUT2D eigenvalue weighted by atomic mass is 35.5. The van der Waals surface area contributed by atoms with Gasteiger partial charge in [0.1, 0.15) is 11.8 Å². The van der Waals surface area contributed by atoms with Crippen molar-refractivity contribution >= 4 is 29.1 Å². The molecular weight excluding hydrogens is 371 g/mol. The summed E-state index contributed by atoms with van der Waals surface area (Å²) in [6.45, 7) is 6.32. The Morgan fingerprint density at radius 2 is 1.88 bits per heavy atom. The van der Waals surface area contributed by atoms with Crippen LogP contribution in [0, 0.1) is 6.92 Å². The molecule has 0 fully saturated rings. The molecule has 2 aromatic rings. The maximum absolute atomic E-state index is 12.3. The van der Waals surface area contributed by atoms with Gasteiger partial charge in [-0.2, -0.15) is 0 Å².